The summed E-state index contributed by atoms with van der Waals surface area (Å²) < 4.78 is 0. The number of aromatic nitrogens is 1. The van der Waals surface area contributed by atoms with Crippen molar-refractivity contribution in [3.63, 3.8) is 0 Å². The lowest BCUT2D eigenvalue weighted by Gasteiger charge is -2.18. The Morgan fingerprint density at radius 2 is 2.10 bits per heavy atom. The van der Waals surface area contributed by atoms with Crippen molar-refractivity contribution in [2.75, 3.05) is 6.54 Å². The number of nitrogens with one attached hydrogen (secondary N) is 1. The number of benzene rings is 1. The van der Waals surface area contributed by atoms with E-state index in [1.807, 2.05) is 12.3 Å². The van der Waals surface area contributed by atoms with Crippen LogP contribution in [0, 0.1) is 6.92 Å². The highest BCUT2D eigenvalue weighted by Crippen LogP contribution is 2.30. The molecule has 1 N–H and O–H groups in total. The number of hydrogen-bond acceptors (Lipinski definition) is 3. The minimum absolute atomic E-state index is 0.212. The van der Waals surface area contributed by atoms with Gasteiger partial charge in [-0.05, 0) is 42.1 Å². The van der Waals surface area contributed by atoms with Gasteiger partial charge in [-0.1, -0.05) is 31.2 Å². The van der Waals surface area contributed by atoms with Crippen molar-refractivity contribution in [2.24, 2.45) is 0 Å². The van der Waals surface area contributed by atoms with Crippen LogP contribution in [0.1, 0.15) is 29.0 Å². The molecule has 0 amide bonds. The van der Waals surface area contributed by atoms with Crippen LogP contribution in [0.4, 0.5) is 0 Å². The molecule has 0 fully saturated rings. The highest BCUT2D eigenvalue weighted by Gasteiger charge is 2.17. The second kappa shape index (κ2) is 5.73. The lowest BCUT2D eigenvalue weighted by molar-refractivity contribution is 0.635. The first-order valence-electron chi connectivity index (χ1n) is 6.91. The zero-order valence-corrected chi connectivity index (χ0v) is 12.6. The van der Waals surface area contributed by atoms with Crippen LogP contribution in [0.25, 0.3) is 10.9 Å². The van der Waals surface area contributed by atoms with E-state index in [1.165, 1.54) is 21.4 Å². The molecule has 1 aromatic carbocycles. The van der Waals surface area contributed by atoms with Gasteiger partial charge in [-0.2, -0.15) is 0 Å². The van der Waals surface area contributed by atoms with Crippen molar-refractivity contribution < 1.29 is 0 Å². The van der Waals surface area contributed by atoms with Gasteiger partial charge in [0.2, 0.25) is 0 Å². The first-order chi connectivity index (χ1) is 9.79. The van der Waals surface area contributed by atoms with Gasteiger partial charge in [-0.15, -0.1) is 11.3 Å². The van der Waals surface area contributed by atoms with Gasteiger partial charge >= 0.3 is 0 Å². The Balaban J connectivity index is 2.14. The standard InChI is InChI=1S/C17H18N2S/c1-3-18-17(14-10-12(2)20-11-14)15-8-4-6-13-7-5-9-19-16(13)15/h4-11,17-18H,3H2,1-2H3. The number of hydrogen-bond donors (Lipinski definition) is 1. The Morgan fingerprint density at radius 3 is 2.85 bits per heavy atom. The fourth-order valence-corrected chi connectivity index (χ4v) is 3.32. The van der Waals surface area contributed by atoms with E-state index >= 15 is 0 Å². The van der Waals surface area contributed by atoms with E-state index in [9.17, 15) is 0 Å². The Bertz CT molecular complexity index is 712. The van der Waals surface area contributed by atoms with Crippen molar-refractivity contribution >= 4 is 22.2 Å². The highest BCUT2D eigenvalue weighted by atomic mass is 32.1. The second-order valence-corrected chi connectivity index (χ2v) is 6.02. The van der Waals surface area contributed by atoms with Crippen LogP contribution in [-0.2, 0) is 0 Å². The quantitative estimate of drug-likeness (QED) is 0.771. The maximum atomic E-state index is 4.58. The van der Waals surface area contributed by atoms with E-state index in [4.69, 9.17) is 0 Å². The van der Waals surface area contributed by atoms with Crippen molar-refractivity contribution in [3.05, 3.63) is 64.0 Å². The molecule has 20 heavy (non-hydrogen) atoms. The number of para-hydroxylation sites is 1. The molecular formula is C17H18N2S. The van der Waals surface area contributed by atoms with Crippen LogP contribution >= 0.6 is 11.3 Å². The Morgan fingerprint density at radius 1 is 1.25 bits per heavy atom. The van der Waals surface area contributed by atoms with Crippen LogP contribution < -0.4 is 5.32 Å². The van der Waals surface area contributed by atoms with E-state index in [2.05, 4.69) is 59.9 Å². The predicted octanol–water partition coefficient (Wildman–Crippen LogP) is 4.30. The van der Waals surface area contributed by atoms with E-state index in [0.29, 0.717) is 0 Å². The third-order valence-corrected chi connectivity index (χ3v) is 4.35. The largest absolute Gasteiger partial charge is 0.306 e. The van der Waals surface area contributed by atoms with Gasteiger partial charge in [-0.3, -0.25) is 4.98 Å². The number of rotatable bonds is 4. The van der Waals surface area contributed by atoms with Crippen LogP contribution in [0.5, 0.6) is 0 Å². The number of aryl methyl sites for hydroxylation is 1. The molecule has 0 saturated carbocycles. The van der Waals surface area contributed by atoms with Crippen molar-refractivity contribution in [2.45, 2.75) is 19.9 Å². The molecule has 2 heterocycles. The lowest BCUT2D eigenvalue weighted by atomic mass is 9.98. The van der Waals surface area contributed by atoms with Gasteiger partial charge in [0.1, 0.15) is 0 Å². The van der Waals surface area contributed by atoms with Gasteiger partial charge in [-0.25, -0.2) is 0 Å². The Hall–Kier alpha value is -1.71. The normalized spacial score (nSPS) is 12.7. The topological polar surface area (TPSA) is 24.9 Å². The summed E-state index contributed by atoms with van der Waals surface area (Å²) in [4.78, 5) is 5.92. The first kappa shape index (κ1) is 13.3. The van der Waals surface area contributed by atoms with Crippen LogP contribution in [-0.4, -0.2) is 11.5 Å². The lowest BCUT2D eigenvalue weighted by Crippen LogP contribution is -2.21. The number of nitrogens with zero attached hydrogens (tertiary/aromatic N) is 1. The summed E-state index contributed by atoms with van der Waals surface area (Å²) in [5.41, 5.74) is 3.67. The molecule has 0 aliphatic rings. The average Bonchev–Trinajstić information content (AvgIpc) is 2.91. The van der Waals surface area contributed by atoms with Gasteiger partial charge in [0, 0.05) is 16.5 Å². The zero-order valence-electron chi connectivity index (χ0n) is 11.8. The van der Waals surface area contributed by atoms with Gasteiger partial charge in [0.15, 0.2) is 0 Å². The molecule has 1 atom stereocenters. The van der Waals surface area contributed by atoms with Crippen LogP contribution in [0.15, 0.2) is 48.0 Å². The summed E-state index contributed by atoms with van der Waals surface area (Å²) in [5.74, 6) is 0. The third kappa shape index (κ3) is 2.47. The summed E-state index contributed by atoms with van der Waals surface area (Å²) in [5, 5.41) is 7.02. The minimum Gasteiger partial charge on any atom is -0.306 e. The molecule has 0 radical (unpaired) electrons. The average molecular weight is 282 g/mol. The molecule has 3 aromatic rings. The van der Waals surface area contributed by atoms with Crippen molar-refractivity contribution in [1.29, 1.82) is 0 Å². The molecule has 3 heteroatoms. The number of pyridine rings is 1. The summed E-state index contributed by atoms with van der Waals surface area (Å²) in [7, 11) is 0. The monoisotopic (exact) mass is 282 g/mol. The second-order valence-electron chi connectivity index (χ2n) is 4.90. The summed E-state index contributed by atoms with van der Waals surface area (Å²) in [6.45, 7) is 5.23. The molecular weight excluding hydrogens is 264 g/mol. The molecule has 0 spiro atoms. The molecule has 2 aromatic heterocycles. The molecule has 102 valence electrons. The maximum absolute atomic E-state index is 4.58. The smallest absolute Gasteiger partial charge is 0.0753 e. The van der Waals surface area contributed by atoms with Crippen molar-refractivity contribution in [1.82, 2.24) is 10.3 Å². The van der Waals surface area contributed by atoms with E-state index in [-0.39, 0.29) is 6.04 Å². The predicted molar refractivity (Wildman–Crippen MR) is 86.3 cm³/mol. The fraction of sp³-hybridized carbons (Fsp3) is 0.235. The van der Waals surface area contributed by atoms with Crippen LogP contribution in [0.3, 0.4) is 0 Å². The summed E-state index contributed by atoms with van der Waals surface area (Å²) >= 11 is 1.80. The SMILES string of the molecule is CCNC(c1csc(C)c1)c1cccc2cccnc12. The summed E-state index contributed by atoms with van der Waals surface area (Å²) in [6, 6.07) is 13.0. The molecule has 0 aliphatic heterocycles. The first-order valence-corrected chi connectivity index (χ1v) is 7.79. The van der Waals surface area contributed by atoms with E-state index in [0.717, 1.165) is 12.1 Å². The number of thiophene rings is 1. The van der Waals surface area contributed by atoms with E-state index in [1.54, 1.807) is 11.3 Å². The molecule has 0 bridgehead atoms. The maximum Gasteiger partial charge on any atom is 0.0753 e. The summed E-state index contributed by atoms with van der Waals surface area (Å²) in [6.07, 6.45) is 1.87. The van der Waals surface area contributed by atoms with E-state index < -0.39 is 0 Å². The molecule has 0 aliphatic carbocycles. The molecule has 2 nitrogen and oxygen atoms in total. The van der Waals surface area contributed by atoms with Gasteiger partial charge in [0.05, 0.1) is 11.6 Å². The van der Waals surface area contributed by atoms with Gasteiger partial charge in [0.25, 0.3) is 0 Å². The fourth-order valence-electron chi connectivity index (χ4n) is 2.59. The van der Waals surface area contributed by atoms with Gasteiger partial charge < -0.3 is 5.32 Å². The molecule has 0 saturated heterocycles. The zero-order chi connectivity index (χ0) is 13.9. The molecule has 3 rings (SSSR count). The highest BCUT2D eigenvalue weighted by molar-refractivity contribution is 7.10. The van der Waals surface area contributed by atoms with Crippen LogP contribution in [0.2, 0.25) is 0 Å². The minimum atomic E-state index is 0.212. The molecule has 1 unspecified atom stereocenters. The van der Waals surface area contributed by atoms with Crippen molar-refractivity contribution in [3.8, 4) is 0 Å². The Labute approximate surface area is 123 Å². The third-order valence-electron chi connectivity index (χ3n) is 3.47. The Kier molecular flexibility index (Phi) is 3.81. The number of fused-ring (bicyclic) bond motifs is 1.